The van der Waals surface area contributed by atoms with Crippen LogP contribution in [0.4, 0.5) is 0 Å². The van der Waals surface area contributed by atoms with Crippen LogP contribution in [0.1, 0.15) is 37.0 Å². The van der Waals surface area contributed by atoms with E-state index in [0.29, 0.717) is 28.9 Å². The van der Waals surface area contributed by atoms with Gasteiger partial charge in [-0.25, -0.2) is 0 Å². The van der Waals surface area contributed by atoms with Gasteiger partial charge in [0.1, 0.15) is 6.04 Å². The molecular formula is C23H28Cl2N2O2S. The average Bonchev–Trinajstić information content (AvgIpc) is 2.72. The summed E-state index contributed by atoms with van der Waals surface area (Å²) in [4.78, 5) is 27.2. The van der Waals surface area contributed by atoms with E-state index in [2.05, 4.69) is 30.4 Å². The van der Waals surface area contributed by atoms with E-state index in [-0.39, 0.29) is 11.8 Å². The van der Waals surface area contributed by atoms with Crippen LogP contribution in [-0.4, -0.2) is 35.1 Å². The number of hydrogen-bond donors (Lipinski definition) is 1. The maximum Gasteiger partial charge on any atom is 0.242 e. The molecule has 2 rings (SSSR count). The molecule has 0 fully saturated rings. The normalized spacial score (nSPS) is 11.8. The predicted molar refractivity (Wildman–Crippen MR) is 127 cm³/mol. The second-order valence-electron chi connectivity index (χ2n) is 7.22. The standard InChI is InChI=1S/C23H28Cl2N2O2S/c1-4-10-26-23(29)17(3)27(13-18-8-9-20(24)21(25)12-18)22(28)15-30-14-19-7-5-6-16(2)11-19/h5-9,11-12,17H,4,10,13-15H2,1-3H3,(H,26,29)/t17-/m0/s1. The van der Waals surface area contributed by atoms with Gasteiger partial charge in [0, 0.05) is 18.8 Å². The highest BCUT2D eigenvalue weighted by molar-refractivity contribution is 7.99. The van der Waals surface area contributed by atoms with Gasteiger partial charge in [0.15, 0.2) is 0 Å². The Morgan fingerprint density at radius 3 is 2.53 bits per heavy atom. The van der Waals surface area contributed by atoms with Gasteiger partial charge in [-0.05, 0) is 43.5 Å². The van der Waals surface area contributed by atoms with Crippen molar-refractivity contribution in [2.75, 3.05) is 12.3 Å². The van der Waals surface area contributed by atoms with Gasteiger partial charge in [0.05, 0.1) is 15.8 Å². The molecule has 2 aromatic rings. The summed E-state index contributed by atoms with van der Waals surface area (Å²) in [6, 6.07) is 12.9. The molecule has 0 unspecified atom stereocenters. The molecule has 0 heterocycles. The van der Waals surface area contributed by atoms with Gasteiger partial charge in [-0.2, -0.15) is 0 Å². The minimum absolute atomic E-state index is 0.0853. The van der Waals surface area contributed by atoms with Gasteiger partial charge in [0.25, 0.3) is 0 Å². The summed E-state index contributed by atoms with van der Waals surface area (Å²) < 4.78 is 0. The van der Waals surface area contributed by atoms with Crippen molar-refractivity contribution in [2.45, 2.75) is 45.5 Å². The van der Waals surface area contributed by atoms with Crippen molar-refractivity contribution in [1.29, 1.82) is 0 Å². The predicted octanol–water partition coefficient (Wildman–Crippen LogP) is 5.48. The summed E-state index contributed by atoms with van der Waals surface area (Å²) in [7, 11) is 0. The molecule has 1 atom stereocenters. The molecule has 162 valence electrons. The van der Waals surface area contributed by atoms with Crippen LogP contribution >= 0.6 is 35.0 Å². The number of carbonyl (C=O) groups excluding carboxylic acids is 2. The molecule has 4 nitrogen and oxygen atoms in total. The summed E-state index contributed by atoms with van der Waals surface area (Å²) in [5.41, 5.74) is 3.20. The van der Waals surface area contributed by atoms with Crippen LogP contribution in [0.5, 0.6) is 0 Å². The molecule has 0 saturated heterocycles. The number of nitrogens with one attached hydrogen (secondary N) is 1. The summed E-state index contributed by atoms with van der Waals surface area (Å²) in [6.45, 7) is 6.67. The van der Waals surface area contributed by atoms with Crippen LogP contribution in [0.3, 0.4) is 0 Å². The summed E-state index contributed by atoms with van der Waals surface area (Å²) in [6.07, 6.45) is 0.839. The molecule has 0 bridgehead atoms. The molecule has 0 radical (unpaired) electrons. The molecule has 2 aromatic carbocycles. The van der Waals surface area contributed by atoms with Crippen LogP contribution in [0.2, 0.25) is 10.0 Å². The molecule has 0 aliphatic carbocycles. The lowest BCUT2D eigenvalue weighted by Gasteiger charge is -2.29. The molecule has 0 aliphatic heterocycles. The second kappa shape index (κ2) is 12.2. The lowest BCUT2D eigenvalue weighted by molar-refractivity contribution is -0.138. The number of amides is 2. The maximum absolute atomic E-state index is 13.0. The number of rotatable bonds is 10. The van der Waals surface area contributed by atoms with E-state index in [1.165, 1.54) is 11.1 Å². The van der Waals surface area contributed by atoms with Crippen LogP contribution in [0.25, 0.3) is 0 Å². The number of benzene rings is 2. The van der Waals surface area contributed by atoms with E-state index in [1.54, 1.807) is 35.7 Å². The van der Waals surface area contributed by atoms with Gasteiger partial charge < -0.3 is 10.2 Å². The lowest BCUT2D eigenvalue weighted by Crippen LogP contribution is -2.48. The van der Waals surface area contributed by atoms with Gasteiger partial charge in [-0.15, -0.1) is 11.8 Å². The van der Waals surface area contributed by atoms with Crippen LogP contribution in [0.15, 0.2) is 42.5 Å². The third kappa shape index (κ3) is 7.53. The monoisotopic (exact) mass is 466 g/mol. The van der Waals surface area contributed by atoms with Gasteiger partial charge in [0.2, 0.25) is 11.8 Å². The Bertz CT molecular complexity index is 876. The Kier molecular flexibility index (Phi) is 10.0. The highest BCUT2D eigenvalue weighted by Gasteiger charge is 2.26. The molecule has 0 aromatic heterocycles. The van der Waals surface area contributed by atoms with Crippen molar-refractivity contribution < 1.29 is 9.59 Å². The number of halogens is 2. The summed E-state index contributed by atoms with van der Waals surface area (Å²) in [5.74, 6) is 0.789. The van der Waals surface area contributed by atoms with Crippen LogP contribution < -0.4 is 5.32 Å². The SMILES string of the molecule is CCCNC(=O)[C@H](C)N(Cc1ccc(Cl)c(Cl)c1)C(=O)CSCc1cccc(C)c1. The average molecular weight is 467 g/mol. The van der Waals surface area contributed by atoms with E-state index in [1.807, 2.05) is 19.1 Å². The van der Waals surface area contributed by atoms with Crippen molar-refractivity contribution >= 4 is 46.8 Å². The lowest BCUT2D eigenvalue weighted by atomic mass is 10.1. The quantitative estimate of drug-likeness (QED) is 0.504. The van der Waals surface area contributed by atoms with Crippen molar-refractivity contribution in [3.63, 3.8) is 0 Å². The summed E-state index contributed by atoms with van der Waals surface area (Å²) in [5, 5.41) is 3.76. The van der Waals surface area contributed by atoms with Gasteiger partial charge in [-0.1, -0.05) is 66.0 Å². The zero-order chi connectivity index (χ0) is 22.1. The Morgan fingerprint density at radius 1 is 1.10 bits per heavy atom. The third-order valence-corrected chi connectivity index (χ3v) is 6.36. The molecular weight excluding hydrogens is 439 g/mol. The van der Waals surface area contributed by atoms with Crippen molar-refractivity contribution in [2.24, 2.45) is 0 Å². The Labute approximate surface area is 193 Å². The molecule has 0 aliphatic rings. The van der Waals surface area contributed by atoms with E-state index in [9.17, 15) is 9.59 Å². The van der Waals surface area contributed by atoms with Crippen molar-refractivity contribution in [1.82, 2.24) is 10.2 Å². The largest absolute Gasteiger partial charge is 0.354 e. The number of aryl methyl sites for hydroxylation is 1. The molecule has 7 heteroatoms. The van der Waals surface area contributed by atoms with Crippen LogP contribution in [-0.2, 0) is 21.9 Å². The Morgan fingerprint density at radius 2 is 1.87 bits per heavy atom. The van der Waals surface area contributed by atoms with E-state index < -0.39 is 6.04 Å². The third-order valence-electron chi connectivity index (χ3n) is 4.63. The fourth-order valence-corrected chi connectivity index (χ4v) is 4.13. The highest BCUT2D eigenvalue weighted by Crippen LogP contribution is 2.24. The highest BCUT2D eigenvalue weighted by atomic mass is 35.5. The first-order chi connectivity index (χ1) is 14.3. The van der Waals surface area contributed by atoms with Crippen molar-refractivity contribution in [3.05, 3.63) is 69.2 Å². The minimum atomic E-state index is -0.585. The fraction of sp³-hybridized carbons (Fsp3) is 0.391. The first-order valence-corrected chi connectivity index (χ1v) is 11.9. The molecule has 0 saturated carbocycles. The van der Waals surface area contributed by atoms with Gasteiger partial charge in [-0.3, -0.25) is 9.59 Å². The van der Waals surface area contributed by atoms with Crippen molar-refractivity contribution in [3.8, 4) is 0 Å². The molecule has 1 N–H and O–H groups in total. The number of nitrogens with zero attached hydrogens (tertiary/aromatic N) is 1. The zero-order valence-electron chi connectivity index (χ0n) is 17.6. The molecule has 30 heavy (non-hydrogen) atoms. The van der Waals surface area contributed by atoms with Crippen LogP contribution in [0, 0.1) is 6.92 Å². The Hall–Kier alpha value is -1.69. The molecule has 0 spiro atoms. The number of thioether (sulfide) groups is 1. The van der Waals surface area contributed by atoms with E-state index in [4.69, 9.17) is 23.2 Å². The minimum Gasteiger partial charge on any atom is -0.354 e. The fourth-order valence-electron chi connectivity index (χ4n) is 2.95. The topological polar surface area (TPSA) is 49.4 Å². The first-order valence-electron chi connectivity index (χ1n) is 9.96. The first kappa shape index (κ1) is 24.6. The number of carbonyl (C=O) groups is 2. The number of hydrogen-bond acceptors (Lipinski definition) is 3. The summed E-state index contributed by atoms with van der Waals surface area (Å²) >= 11 is 13.7. The molecule has 2 amide bonds. The second-order valence-corrected chi connectivity index (χ2v) is 9.02. The zero-order valence-corrected chi connectivity index (χ0v) is 19.9. The maximum atomic E-state index is 13.0. The smallest absolute Gasteiger partial charge is 0.242 e. The van der Waals surface area contributed by atoms with Gasteiger partial charge >= 0.3 is 0 Å². The van der Waals surface area contributed by atoms with E-state index >= 15 is 0 Å². The Balaban J connectivity index is 2.08. The van der Waals surface area contributed by atoms with E-state index in [0.717, 1.165) is 17.7 Å².